The second kappa shape index (κ2) is 13.1. The van der Waals surface area contributed by atoms with Gasteiger partial charge in [-0.1, -0.05) is 103 Å². The van der Waals surface area contributed by atoms with Crippen molar-refractivity contribution in [2.75, 3.05) is 36.0 Å². The zero-order valence-electron chi connectivity index (χ0n) is 23.4. The average Bonchev–Trinajstić information content (AvgIpc) is 2.98. The van der Waals surface area contributed by atoms with E-state index >= 15 is 0 Å². The van der Waals surface area contributed by atoms with E-state index in [-0.39, 0.29) is 5.41 Å². The molecule has 0 saturated carbocycles. The quantitative estimate of drug-likeness (QED) is 0.241. The fourth-order valence-electron chi connectivity index (χ4n) is 5.09. The summed E-state index contributed by atoms with van der Waals surface area (Å²) >= 11 is 0. The number of anilines is 2. The van der Waals surface area contributed by atoms with Crippen LogP contribution < -0.4 is 9.80 Å². The lowest BCUT2D eigenvalue weighted by Crippen LogP contribution is -2.21. The molecule has 0 fully saturated rings. The molecule has 38 heavy (non-hydrogen) atoms. The molecule has 0 atom stereocenters. The van der Waals surface area contributed by atoms with Crippen molar-refractivity contribution < 1.29 is 0 Å². The highest BCUT2D eigenvalue weighted by Crippen LogP contribution is 2.36. The zero-order chi connectivity index (χ0) is 26.8. The van der Waals surface area contributed by atoms with Gasteiger partial charge in [-0.05, 0) is 68.7 Å². The Kier molecular flexibility index (Phi) is 9.43. The maximum atomic E-state index is 2.37. The van der Waals surface area contributed by atoms with E-state index in [0.717, 1.165) is 26.2 Å². The first-order valence-electron chi connectivity index (χ1n) is 14.1. The Labute approximate surface area is 230 Å². The number of hydrogen-bond acceptors (Lipinski definition) is 2. The first kappa shape index (κ1) is 27.3. The summed E-state index contributed by atoms with van der Waals surface area (Å²) in [6.45, 7) is 12.9. The number of nitrogens with zero attached hydrogens (tertiary/aromatic N) is 2. The first-order chi connectivity index (χ1) is 18.6. The van der Waals surface area contributed by atoms with Gasteiger partial charge in [0.1, 0.15) is 0 Å². The van der Waals surface area contributed by atoms with Crippen LogP contribution in [0.5, 0.6) is 0 Å². The molecular weight excluding hydrogens is 460 g/mol. The summed E-state index contributed by atoms with van der Waals surface area (Å²) in [5.74, 6) is 0.299. The largest absolute Gasteiger partial charge is 0.372 e. The van der Waals surface area contributed by atoms with Crippen molar-refractivity contribution in [1.82, 2.24) is 0 Å². The molecule has 2 nitrogen and oxygen atoms in total. The van der Waals surface area contributed by atoms with Crippen LogP contribution in [0.15, 0.2) is 115 Å². The van der Waals surface area contributed by atoms with Crippen LogP contribution in [-0.2, 0) is 0 Å². The van der Waals surface area contributed by atoms with Crippen LogP contribution >= 0.6 is 0 Å². The van der Waals surface area contributed by atoms with Gasteiger partial charge in [0.2, 0.25) is 0 Å². The van der Waals surface area contributed by atoms with E-state index in [1.54, 1.807) is 0 Å². The molecule has 0 heterocycles. The predicted octanol–water partition coefficient (Wildman–Crippen LogP) is 9.00. The lowest BCUT2D eigenvalue weighted by atomic mass is 9.78. The van der Waals surface area contributed by atoms with Gasteiger partial charge in [0.25, 0.3) is 0 Å². The average molecular weight is 503 g/mol. The van der Waals surface area contributed by atoms with Gasteiger partial charge in [-0.15, -0.1) is 0 Å². The molecule has 0 N–H and O–H groups in total. The fourth-order valence-corrected chi connectivity index (χ4v) is 5.09. The van der Waals surface area contributed by atoms with Gasteiger partial charge in [0, 0.05) is 48.9 Å². The molecule has 0 spiro atoms. The minimum atomic E-state index is -0.277. The number of benzene rings is 3. The summed E-state index contributed by atoms with van der Waals surface area (Å²) in [5, 5.41) is 0. The highest BCUT2D eigenvalue weighted by atomic mass is 15.1. The molecule has 0 radical (unpaired) electrons. The molecule has 0 unspecified atom stereocenters. The zero-order valence-corrected chi connectivity index (χ0v) is 23.4. The van der Waals surface area contributed by atoms with Gasteiger partial charge < -0.3 is 9.80 Å². The molecule has 3 aromatic rings. The van der Waals surface area contributed by atoms with Crippen LogP contribution in [0, 0.1) is 5.41 Å². The van der Waals surface area contributed by atoms with Gasteiger partial charge in [0.05, 0.1) is 0 Å². The van der Waals surface area contributed by atoms with Crippen molar-refractivity contribution in [2.24, 2.45) is 5.41 Å². The van der Waals surface area contributed by atoms with E-state index in [0.29, 0.717) is 5.92 Å². The Hall–Kier alpha value is -3.78. The van der Waals surface area contributed by atoms with Crippen molar-refractivity contribution >= 4 is 23.5 Å². The number of allylic oxidation sites excluding steroid dienone is 6. The molecule has 4 rings (SSSR count). The maximum absolute atomic E-state index is 2.37. The van der Waals surface area contributed by atoms with E-state index in [9.17, 15) is 0 Å². The maximum Gasteiger partial charge on any atom is 0.0430 e. The lowest BCUT2D eigenvalue weighted by molar-refractivity contribution is 0.789. The Balaban J connectivity index is 1.59. The number of rotatable bonds is 11. The first-order valence-corrected chi connectivity index (χ1v) is 14.1. The lowest BCUT2D eigenvalue weighted by Gasteiger charge is -2.25. The summed E-state index contributed by atoms with van der Waals surface area (Å²) in [4.78, 5) is 4.75. The van der Waals surface area contributed by atoms with Gasteiger partial charge >= 0.3 is 0 Å². The highest BCUT2D eigenvalue weighted by molar-refractivity contribution is 5.62. The molecule has 2 heteroatoms. The fraction of sp³-hybridized carbons (Fsp3) is 0.278. The van der Waals surface area contributed by atoms with E-state index < -0.39 is 0 Å². The normalized spacial score (nSPS) is 14.9. The van der Waals surface area contributed by atoms with Crippen LogP contribution in [0.2, 0.25) is 0 Å². The van der Waals surface area contributed by atoms with Gasteiger partial charge in [-0.2, -0.15) is 0 Å². The number of hydrogen-bond donors (Lipinski definition) is 0. The second-order valence-corrected chi connectivity index (χ2v) is 9.85. The van der Waals surface area contributed by atoms with E-state index in [4.69, 9.17) is 0 Å². The summed E-state index contributed by atoms with van der Waals surface area (Å²) in [7, 11) is 0. The van der Waals surface area contributed by atoms with Crippen molar-refractivity contribution in [3.8, 4) is 0 Å². The predicted molar refractivity (Wildman–Crippen MR) is 168 cm³/mol. The van der Waals surface area contributed by atoms with Gasteiger partial charge in [-0.3, -0.25) is 0 Å². The summed E-state index contributed by atoms with van der Waals surface area (Å²) < 4.78 is 0. The third-order valence-corrected chi connectivity index (χ3v) is 7.54. The van der Waals surface area contributed by atoms with E-state index in [1.807, 2.05) is 0 Å². The minimum absolute atomic E-state index is 0.277. The Bertz CT molecular complexity index is 1160. The molecule has 196 valence electrons. The Morgan fingerprint density at radius 1 is 0.579 bits per heavy atom. The Morgan fingerprint density at radius 3 is 1.39 bits per heavy atom. The third kappa shape index (κ3) is 6.75. The minimum Gasteiger partial charge on any atom is -0.372 e. The van der Waals surface area contributed by atoms with Crippen molar-refractivity contribution in [3.05, 3.63) is 132 Å². The van der Waals surface area contributed by atoms with Crippen molar-refractivity contribution in [1.29, 1.82) is 0 Å². The smallest absolute Gasteiger partial charge is 0.0430 e. The molecule has 0 saturated heterocycles. The van der Waals surface area contributed by atoms with E-state index in [1.165, 1.54) is 28.1 Å². The molecule has 3 aromatic carbocycles. The van der Waals surface area contributed by atoms with Gasteiger partial charge in [0.15, 0.2) is 0 Å². The molecule has 1 aliphatic rings. The summed E-state index contributed by atoms with van der Waals surface area (Å²) in [6.07, 6.45) is 18.5. The molecule has 1 aliphatic carbocycles. The standard InChI is InChI=1S/C36H42N2/c1-5-37(6-2)34-18-14-30(15-19-34)22-26-36(28-24-33(25-29-36)32-12-10-9-11-13-32)27-23-31-16-20-35(21-17-31)38(7-3)8-4/h9-29,33H,5-8H2,1-4H3/b26-22+,27-23+. The van der Waals surface area contributed by atoms with Crippen molar-refractivity contribution in [2.45, 2.75) is 33.6 Å². The van der Waals surface area contributed by atoms with Crippen LogP contribution in [0.25, 0.3) is 12.2 Å². The molecule has 0 bridgehead atoms. The molecule has 0 aromatic heterocycles. The monoisotopic (exact) mass is 502 g/mol. The molecule has 0 amide bonds. The molecular formula is C36H42N2. The van der Waals surface area contributed by atoms with Crippen molar-refractivity contribution in [3.63, 3.8) is 0 Å². The topological polar surface area (TPSA) is 6.48 Å². The summed E-state index contributed by atoms with van der Waals surface area (Å²) in [5.41, 5.74) is 6.02. The van der Waals surface area contributed by atoms with Crippen LogP contribution in [0.4, 0.5) is 11.4 Å². The SMILES string of the molecule is CCN(CC)c1ccc(/C=C/C2(/C=C/c3ccc(N(CC)CC)cc3)C=CC(c3ccccc3)C=C2)cc1. The Morgan fingerprint density at radius 2 is 1.00 bits per heavy atom. The van der Waals surface area contributed by atoms with Crippen LogP contribution in [0.1, 0.15) is 50.3 Å². The third-order valence-electron chi connectivity index (χ3n) is 7.54. The van der Waals surface area contributed by atoms with Gasteiger partial charge in [-0.25, -0.2) is 0 Å². The van der Waals surface area contributed by atoms with Crippen LogP contribution in [-0.4, -0.2) is 26.2 Å². The second-order valence-electron chi connectivity index (χ2n) is 9.85. The van der Waals surface area contributed by atoms with Crippen LogP contribution in [0.3, 0.4) is 0 Å². The highest BCUT2D eigenvalue weighted by Gasteiger charge is 2.22. The molecule has 0 aliphatic heterocycles. The van der Waals surface area contributed by atoms with E-state index in [2.05, 4.69) is 165 Å². The summed E-state index contributed by atoms with van der Waals surface area (Å²) in [6, 6.07) is 28.5.